The van der Waals surface area contributed by atoms with Crippen LogP contribution in [0.25, 0.3) is 10.9 Å². The number of sulfonamides is 1. The van der Waals surface area contributed by atoms with Gasteiger partial charge in [-0.2, -0.15) is 0 Å². The first-order valence-corrected chi connectivity index (χ1v) is 14.9. The highest BCUT2D eigenvalue weighted by Crippen LogP contribution is 2.34. The number of aromatic nitrogens is 1. The molecule has 12 heteroatoms. The predicted molar refractivity (Wildman–Crippen MR) is 159 cm³/mol. The molecule has 5 rings (SSSR count). The monoisotopic (exact) mass is 589 g/mol. The lowest BCUT2D eigenvalue weighted by Gasteiger charge is -2.36. The number of thioether (sulfide) groups is 1. The number of hydrogen-bond acceptors (Lipinski definition) is 7. The van der Waals surface area contributed by atoms with Crippen molar-refractivity contribution in [3.05, 3.63) is 47.5 Å². The van der Waals surface area contributed by atoms with Gasteiger partial charge in [-0.25, -0.2) is 8.42 Å². The Labute approximate surface area is 234 Å². The van der Waals surface area contributed by atoms with Gasteiger partial charge in [-0.1, -0.05) is 30.0 Å². The predicted octanol–water partition coefficient (Wildman–Crippen LogP) is 4.83. The van der Waals surface area contributed by atoms with Crippen molar-refractivity contribution in [2.24, 2.45) is 4.99 Å². The number of hydrogen-bond donors (Lipinski definition) is 2. The summed E-state index contributed by atoms with van der Waals surface area (Å²) in [5.41, 5.74) is 2.41. The van der Waals surface area contributed by atoms with E-state index in [-0.39, 0.29) is 24.8 Å². The number of nitrogens with zero attached hydrogens (tertiary/aromatic N) is 3. The van der Waals surface area contributed by atoms with Gasteiger partial charge in [-0.15, -0.1) is 36.2 Å². The second-order valence-electron chi connectivity index (χ2n) is 9.23. The van der Waals surface area contributed by atoms with Crippen LogP contribution in [0.1, 0.15) is 26.0 Å². The molecule has 0 aliphatic carbocycles. The number of nitrogens with one attached hydrogen (secondary N) is 2. The van der Waals surface area contributed by atoms with E-state index in [2.05, 4.69) is 35.1 Å². The molecule has 7 nitrogen and oxygen atoms in total. The second kappa shape index (κ2) is 12.1. The molecule has 1 fully saturated rings. The third kappa shape index (κ3) is 6.06. The molecule has 36 heavy (non-hydrogen) atoms. The molecule has 198 valence electrons. The minimum atomic E-state index is -3.60. The summed E-state index contributed by atoms with van der Waals surface area (Å²) in [6.45, 7) is 8.62. The van der Waals surface area contributed by atoms with E-state index in [0.717, 1.165) is 54.2 Å². The van der Waals surface area contributed by atoms with Crippen LogP contribution in [0.3, 0.4) is 0 Å². The van der Waals surface area contributed by atoms with Crippen molar-refractivity contribution >= 4 is 79.6 Å². The van der Waals surface area contributed by atoms with Gasteiger partial charge in [0.1, 0.15) is 9.25 Å². The Morgan fingerprint density at radius 1 is 1.14 bits per heavy atom. The number of halogens is 2. The Hall–Kier alpha value is -1.27. The van der Waals surface area contributed by atoms with Gasteiger partial charge in [0.15, 0.2) is 0 Å². The maximum absolute atomic E-state index is 13.1. The highest BCUT2D eigenvalue weighted by Gasteiger charge is 2.27. The van der Waals surface area contributed by atoms with Crippen molar-refractivity contribution in [1.29, 1.82) is 0 Å². The number of aromatic amines is 1. The molecule has 2 aromatic heterocycles. The van der Waals surface area contributed by atoms with Crippen LogP contribution in [0.2, 0.25) is 0 Å². The van der Waals surface area contributed by atoms with Gasteiger partial charge < -0.3 is 15.2 Å². The zero-order valence-corrected chi connectivity index (χ0v) is 24.6. The van der Waals surface area contributed by atoms with Crippen molar-refractivity contribution in [2.45, 2.75) is 41.8 Å². The summed E-state index contributed by atoms with van der Waals surface area (Å²) in [4.78, 5) is 10.9. The molecule has 1 unspecified atom stereocenters. The molecule has 0 radical (unpaired) electrons. The Kier molecular flexibility index (Phi) is 9.81. The van der Waals surface area contributed by atoms with E-state index in [4.69, 9.17) is 4.99 Å². The zero-order chi connectivity index (χ0) is 23.9. The van der Waals surface area contributed by atoms with Gasteiger partial charge in [0.05, 0.1) is 23.4 Å². The SMILES string of the molecule is C[C@@H]1CN(CCC2CN=C(c3cc4cccc(N(C)S(=O)(=O)c5cccs5)c4[nH]3)S2)C[C@H](C)N1.Cl.Cl. The average Bonchev–Trinajstić information content (AvgIpc) is 3.56. The van der Waals surface area contributed by atoms with Gasteiger partial charge >= 0.3 is 0 Å². The number of rotatable bonds is 7. The summed E-state index contributed by atoms with van der Waals surface area (Å²) in [5, 5.41) is 7.84. The Balaban J connectivity index is 0.00000180. The van der Waals surface area contributed by atoms with Gasteiger partial charge in [0.2, 0.25) is 0 Å². The molecule has 3 aromatic rings. The van der Waals surface area contributed by atoms with Gasteiger partial charge in [-0.3, -0.25) is 9.30 Å². The van der Waals surface area contributed by atoms with Gasteiger partial charge in [0, 0.05) is 42.9 Å². The van der Waals surface area contributed by atoms with Crippen LogP contribution < -0.4 is 9.62 Å². The quantitative estimate of drug-likeness (QED) is 0.412. The molecule has 2 N–H and O–H groups in total. The van der Waals surface area contributed by atoms with Crippen LogP contribution in [-0.4, -0.2) is 73.9 Å². The minimum Gasteiger partial charge on any atom is -0.351 e. The Morgan fingerprint density at radius 3 is 2.58 bits per heavy atom. The van der Waals surface area contributed by atoms with Crippen molar-refractivity contribution in [3.8, 4) is 0 Å². The lowest BCUT2D eigenvalue weighted by atomic mass is 10.1. The molecular weight excluding hydrogens is 557 g/mol. The summed E-state index contributed by atoms with van der Waals surface area (Å²) in [6, 6.07) is 12.3. The van der Waals surface area contributed by atoms with Gasteiger partial charge in [0.25, 0.3) is 10.0 Å². The van der Waals surface area contributed by atoms with Crippen LogP contribution in [0, 0.1) is 0 Å². The fourth-order valence-corrected chi connectivity index (χ4v) is 8.30. The van der Waals surface area contributed by atoms with E-state index in [1.54, 1.807) is 24.6 Å². The van der Waals surface area contributed by atoms with Crippen LogP contribution in [0.4, 0.5) is 5.69 Å². The number of fused-ring (bicyclic) bond motifs is 1. The Bertz CT molecular complexity index is 1290. The molecule has 2 aliphatic rings. The summed E-state index contributed by atoms with van der Waals surface area (Å²) in [5.74, 6) is 0. The highest BCUT2D eigenvalue weighted by atomic mass is 35.5. The van der Waals surface area contributed by atoms with Crippen molar-refractivity contribution in [3.63, 3.8) is 0 Å². The summed E-state index contributed by atoms with van der Waals surface area (Å²) in [6.07, 6.45) is 1.12. The largest absolute Gasteiger partial charge is 0.351 e. The number of thiophene rings is 1. The van der Waals surface area contributed by atoms with Crippen molar-refractivity contribution in [2.75, 3.05) is 37.5 Å². The summed E-state index contributed by atoms with van der Waals surface area (Å²) in [7, 11) is -1.99. The first-order chi connectivity index (χ1) is 16.3. The van der Waals surface area contributed by atoms with E-state index in [1.165, 1.54) is 15.6 Å². The zero-order valence-electron chi connectivity index (χ0n) is 20.5. The van der Waals surface area contributed by atoms with E-state index in [1.807, 2.05) is 30.0 Å². The molecular formula is C24H33Cl2N5O2S3. The number of aliphatic imine (C=N–C) groups is 1. The van der Waals surface area contributed by atoms with Crippen LogP contribution in [-0.2, 0) is 10.0 Å². The van der Waals surface area contributed by atoms with Crippen LogP contribution >= 0.6 is 47.9 Å². The lowest BCUT2D eigenvalue weighted by Crippen LogP contribution is -2.54. The van der Waals surface area contributed by atoms with Crippen LogP contribution in [0.5, 0.6) is 0 Å². The maximum Gasteiger partial charge on any atom is 0.273 e. The molecule has 0 amide bonds. The fraction of sp³-hybridized carbons (Fsp3) is 0.458. The molecule has 1 saturated heterocycles. The van der Waals surface area contributed by atoms with Crippen molar-refractivity contribution < 1.29 is 8.42 Å². The average molecular weight is 591 g/mol. The van der Waals surface area contributed by atoms with Gasteiger partial charge in [-0.05, 0) is 50.4 Å². The molecule has 0 saturated carbocycles. The third-order valence-corrected chi connectivity index (χ3v) is 10.9. The topological polar surface area (TPSA) is 80.8 Å². The number of para-hydroxylation sites is 1. The molecule has 2 aliphatic heterocycles. The normalized spacial score (nSPS) is 22.6. The number of benzene rings is 1. The number of anilines is 1. The molecule has 1 aromatic carbocycles. The lowest BCUT2D eigenvalue weighted by molar-refractivity contribution is 0.172. The molecule has 0 bridgehead atoms. The molecule has 3 atom stereocenters. The summed E-state index contributed by atoms with van der Waals surface area (Å²) < 4.78 is 27.8. The highest BCUT2D eigenvalue weighted by molar-refractivity contribution is 8.15. The molecule has 0 spiro atoms. The van der Waals surface area contributed by atoms with E-state index in [0.29, 0.717) is 27.2 Å². The van der Waals surface area contributed by atoms with Crippen molar-refractivity contribution in [1.82, 2.24) is 15.2 Å². The van der Waals surface area contributed by atoms with E-state index >= 15 is 0 Å². The second-order valence-corrected chi connectivity index (χ2v) is 13.7. The number of H-pyrrole nitrogens is 1. The Morgan fingerprint density at radius 2 is 1.89 bits per heavy atom. The minimum absolute atomic E-state index is 0. The van der Waals surface area contributed by atoms with E-state index < -0.39 is 10.0 Å². The smallest absolute Gasteiger partial charge is 0.273 e. The molecule has 4 heterocycles. The first-order valence-electron chi connectivity index (χ1n) is 11.7. The summed E-state index contributed by atoms with van der Waals surface area (Å²) >= 11 is 3.06. The fourth-order valence-electron chi connectivity index (χ4n) is 4.86. The standard InChI is InChI=1S/C24H31N5O2S3.2ClH/c1-16-14-29(15-17(2)26-16)10-9-19-13-25-24(33-19)20-12-18-6-4-7-21(23(18)27-20)28(3)34(30,31)22-8-5-11-32-22;;/h4-8,11-12,16-17,19,26-27H,9-10,13-15H2,1-3H3;2*1H/t16-,17+,19?;;. The van der Waals surface area contributed by atoms with E-state index in [9.17, 15) is 8.42 Å². The third-order valence-electron chi connectivity index (χ3n) is 6.43. The first kappa shape index (κ1) is 29.3. The maximum atomic E-state index is 13.1. The number of piperazine rings is 1. The van der Waals surface area contributed by atoms with Crippen LogP contribution in [0.15, 0.2) is 51.0 Å².